The van der Waals surface area contributed by atoms with E-state index in [-0.39, 0.29) is 11.5 Å². The summed E-state index contributed by atoms with van der Waals surface area (Å²) < 4.78 is 5.63. The van der Waals surface area contributed by atoms with Gasteiger partial charge < -0.3 is 15.0 Å². The van der Waals surface area contributed by atoms with E-state index in [2.05, 4.69) is 51.2 Å². The molecular weight excluding hydrogens is 310 g/mol. The van der Waals surface area contributed by atoms with Gasteiger partial charge in [-0.15, -0.1) is 0 Å². The van der Waals surface area contributed by atoms with Crippen LogP contribution in [-0.4, -0.2) is 30.0 Å². The first-order valence-corrected chi connectivity index (χ1v) is 8.75. The zero-order chi connectivity index (χ0) is 18.6. The van der Waals surface area contributed by atoms with Crippen LogP contribution in [0.2, 0.25) is 0 Å². The van der Waals surface area contributed by atoms with Gasteiger partial charge in [0.15, 0.2) is 0 Å². The van der Waals surface area contributed by atoms with Crippen LogP contribution in [-0.2, 0) is 4.74 Å². The predicted molar refractivity (Wildman–Crippen MR) is 106 cm³/mol. The summed E-state index contributed by atoms with van der Waals surface area (Å²) in [6, 6.07) is -0.231. The number of nitrogens with zero attached hydrogens (tertiary/aromatic N) is 2. The number of rotatable bonds is 7. The normalized spacial score (nSPS) is 25.5. The molecule has 0 amide bonds. The van der Waals surface area contributed by atoms with Gasteiger partial charge in [-0.2, -0.15) is 0 Å². The molecular formula is C21H29N3O. The molecule has 25 heavy (non-hydrogen) atoms. The third kappa shape index (κ3) is 3.39. The number of allylic oxidation sites excluding steroid dienone is 5. The molecule has 1 N–H and O–H groups in total. The molecule has 0 aromatic rings. The minimum Gasteiger partial charge on any atom is -0.500 e. The summed E-state index contributed by atoms with van der Waals surface area (Å²) >= 11 is 0. The van der Waals surface area contributed by atoms with Crippen LogP contribution < -0.4 is 0 Å². The van der Waals surface area contributed by atoms with Gasteiger partial charge >= 0.3 is 0 Å². The summed E-state index contributed by atoms with van der Waals surface area (Å²) in [6.07, 6.45) is 13.2. The molecule has 2 rings (SSSR count). The zero-order valence-electron chi connectivity index (χ0n) is 15.7. The van der Waals surface area contributed by atoms with E-state index >= 15 is 0 Å². The zero-order valence-corrected chi connectivity index (χ0v) is 15.7. The summed E-state index contributed by atoms with van der Waals surface area (Å²) in [4.78, 5) is 6.67. The highest BCUT2D eigenvalue weighted by atomic mass is 16.5. The number of methoxy groups -OCH3 is 1. The van der Waals surface area contributed by atoms with Crippen LogP contribution in [0.15, 0.2) is 65.8 Å². The van der Waals surface area contributed by atoms with Crippen molar-refractivity contribution in [3.05, 3.63) is 60.8 Å². The molecule has 0 spiro atoms. The Morgan fingerprint density at radius 1 is 1.52 bits per heavy atom. The van der Waals surface area contributed by atoms with Crippen molar-refractivity contribution in [3.63, 3.8) is 0 Å². The van der Waals surface area contributed by atoms with Gasteiger partial charge in [-0.25, -0.2) is 4.99 Å². The molecule has 134 valence electrons. The maximum atomic E-state index is 8.11. The molecule has 3 unspecified atom stereocenters. The SMILES string of the molecule is C=CC1=NC(=C)N(C(C=N)C2(C)CC=CC=C2OC)C=C1C(C)CC. The van der Waals surface area contributed by atoms with Gasteiger partial charge in [0.05, 0.1) is 24.3 Å². The lowest BCUT2D eigenvalue weighted by molar-refractivity contribution is 0.131. The molecule has 1 aliphatic heterocycles. The van der Waals surface area contributed by atoms with E-state index in [1.807, 2.05) is 17.1 Å². The second-order valence-electron chi connectivity index (χ2n) is 6.81. The van der Waals surface area contributed by atoms with Crippen LogP contribution in [0.5, 0.6) is 0 Å². The van der Waals surface area contributed by atoms with E-state index in [1.54, 1.807) is 13.2 Å². The first-order chi connectivity index (χ1) is 11.9. The summed E-state index contributed by atoms with van der Waals surface area (Å²) in [5.41, 5.74) is 1.65. The molecule has 0 saturated carbocycles. The molecule has 0 radical (unpaired) electrons. The van der Waals surface area contributed by atoms with E-state index in [9.17, 15) is 0 Å². The molecule has 0 fully saturated rings. The van der Waals surface area contributed by atoms with Crippen LogP contribution in [0.4, 0.5) is 0 Å². The summed E-state index contributed by atoms with van der Waals surface area (Å²) in [5.74, 6) is 1.85. The summed E-state index contributed by atoms with van der Waals surface area (Å²) in [5, 5.41) is 8.11. The van der Waals surface area contributed by atoms with Crippen molar-refractivity contribution in [2.45, 2.75) is 39.7 Å². The van der Waals surface area contributed by atoms with E-state index in [4.69, 9.17) is 10.1 Å². The van der Waals surface area contributed by atoms with Crippen molar-refractivity contribution in [1.29, 1.82) is 5.41 Å². The Labute approximate surface area is 151 Å². The lowest BCUT2D eigenvalue weighted by Gasteiger charge is -2.44. The first kappa shape index (κ1) is 19.0. The molecule has 2 aliphatic rings. The van der Waals surface area contributed by atoms with Gasteiger partial charge in [0.2, 0.25) is 0 Å². The van der Waals surface area contributed by atoms with Gasteiger partial charge in [0, 0.05) is 12.4 Å². The number of ether oxygens (including phenoxy) is 1. The lowest BCUT2D eigenvalue weighted by atomic mass is 9.74. The Morgan fingerprint density at radius 3 is 2.80 bits per heavy atom. The largest absolute Gasteiger partial charge is 0.500 e. The first-order valence-electron chi connectivity index (χ1n) is 8.75. The van der Waals surface area contributed by atoms with Crippen molar-refractivity contribution in [2.75, 3.05) is 7.11 Å². The Bertz CT molecular complexity index is 683. The maximum Gasteiger partial charge on any atom is 0.126 e. The molecule has 1 aliphatic carbocycles. The number of aliphatic imine (C=N–C) groups is 1. The van der Waals surface area contributed by atoms with Crippen molar-refractivity contribution in [3.8, 4) is 0 Å². The van der Waals surface area contributed by atoms with Crippen molar-refractivity contribution >= 4 is 11.9 Å². The van der Waals surface area contributed by atoms with Crippen molar-refractivity contribution in [1.82, 2.24) is 4.90 Å². The van der Waals surface area contributed by atoms with Crippen LogP contribution in [0.3, 0.4) is 0 Å². The number of hydrogen-bond donors (Lipinski definition) is 1. The van der Waals surface area contributed by atoms with Gasteiger partial charge in [0.25, 0.3) is 0 Å². The number of nitrogens with one attached hydrogen (secondary N) is 1. The molecule has 0 aromatic carbocycles. The van der Waals surface area contributed by atoms with Crippen LogP contribution in [0, 0.1) is 16.7 Å². The highest BCUT2D eigenvalue weighted by molar-refractivity contribution is 6.09. The lowest BCUT2D eigenvalue weighted by Crippen LogP contribution is -2.47. The third-order valence-corrected chi connectivity index (χ3v) is 5.28. The molecule has 1 heterocycles. The molecule has 0 saturated heterocycles. The van der Waals surface area contributed by atoms with E-state index < -0.39 is 0 Å². The smallest absolute Gasteiger partial charge is 0.126 e. The predicted octanol–water partition coefficient (Wildman–Crippen LogP) is 4.84. The van der Waals surface area contributed by atoms with Gasteiger partial charge in [-0.05, 0) is 43.4 Å². The second-order valence-corrected chi connectivity index (χ2v) is 6.81. The minimum absolute atomic E-state index is 0.231. The minimum atomic E-state index is -0.355. The monoisotopic (exact) mass is 339 g/mol. The highest BCUT2D eigenvalue weighted by Gasteiger charge is 2.42. The molecule has 3 atom stereocenters. The Balaban J connectivity index is 2.48. The van der Waals surface area contributed by atoms with Crippen LogP contribution in [0.1, 0.15) is 33.6 Å². The summed E-state index contributed by atoms with van der Waals surface area (Å²) in [7, 11) is 1.68. The third-order valence-electron chi connectivity index (χ3n) is 5.28. The topological polar surface area (TPSA) is 48.7 Å². The van der Waals surface area contributed by atoms with E-state index in [1.165, 1.54) is 6.21 Å². The fourth-order valence-corrected chi connectivity index (χ4v) is 3.45. The standard InChI is InChI=1S/C21H29N3O/c1-7-15(3)17-14-24(16(4)23-18(17)8-2)19(13-22)21(5)12-10-9-11-20(21)25-6/h8-11,13-15,19,22H,2,4,7,12H2,1,3,5-6H3. The van der Waals surface area contributed by atoms with Crippen LogP contribution in [0.25, 0.3) is 0 Å². The number of hydrogen-bond acceptors (Lipinski definition) is 4. The molecule has 0 bridgehead atoms. The van der Waals surface area contributed by atoms with Crippen molar-refractivity contribution < 1.29 is 4.74 Å². The quantitative estimate of drug-likeness (QED) is 0.674. The van der Waals surface area contributed by atoms with Gasteiger partial charge in [-0.1, -0.05) is 39.2 Å². The average Bonchev–Trinajstić information content (AvgIpc) is 2.62. The van der Waals surface area contributed by atoms with Gasteiger partial charge in [-0.3, -0.25) is 0 Å². The molecule has 4 heteroatoms. The molecule has 4 nitrogen and oxygen atoms in total. The average molecular weight is 339 g/mol. The van der Waals surface area contributed by atoms with E-state index in [0.717, 1.165) is 29.9 Å². The fraction of sp³-hybridized carbons (Fsp3) is 0.429. The fourth-order valence-electron chi connectivity index (χ4n) is 3.45. The van der Waals surface area contributed by atoms with Gasteiger partial charge in [0.1, 0.15) is 11.6 Å². The highest BCUT2D eigenvalue weighted by Crippen LogP contribution is 2.42. The Morgan fingerprint density at radius 2 is 2.24 bits per heavy atom. The summed E-state index contributed by atoms with van der Waals surface area (Å²) in [6.45, 7) is 14.5. The Hall–Kier alpha value is -2.36. The maximum absolute atomic E-state index is 8.11. The second kappa shape index (κ2) is 7.68. The van der Waals surface area contributed by atoms with Crippen LogP contribution >= 0.6 is 0 Å². The Kier molecular flexibility index (Phi) is 5.83. The van der Waals surface area contributed by atoms with E-state index in [0.29, 0.717) is 11.7 Å². The van der Waals surface area contributed by atoms with Crippen molar-refractivity contribution in [2.24, 2.45) is 16.3 Å². The molecule has 0 aromatic heterocycles.